The summed E-state index contributed by atoms with van der Waals surface area (Å²) in [5.41, 5.74) is -0.186. The van der Waals surface area contributed by atoms with Crippen molar-refractivity contribution >= 4 is 5.78 Å². The molecular formula is C12H9F3O. The van der Waals surface area contributed by atoms with E-state index in [9.17, 15) is 18.0 Å². The Balaban J connectivity index is 2.73. The Kier molecular flexibility index (Phi) is 3.73. The lowest BCUT2D eigenvalue weighted by Crippen LogP contribution is -2.06. The molecule has 1 nitrogen and oxygen atoms in total. The molecule has 0 saturated heterocycles. The van der Waals surface area contributed by atoms with Gasteiger partial charge < -0.3 is 0 Å². The lowest BCUT2D eigenvalue weighted by atomic mass is 10.1. The summed E-state index contributed by atoms with van der Waals surface area (Å²) in [6, 6.07) is 4.49. The number of terminal acetylenes is 1. The largest absolute Gasteiger partial charge is 0.416 e. The van der Waals surface area contributed by atoms with Crippen LogP contribution < -0.4 is 0 Å². The van der Waals surface area contributed by atoms with Gasteiger partial charge in [-0.3, -0.25) is 4.79 Å². The van der Waals surface area contributed by atoms with Crippen molar-refractivity contribution in [1.29, 1.82) is 0 Å². The first-order valence-corrected chi connectivity index (χ1v) is 4.55. The summed E-state index contributed by atoms with van der Waals surface area (Å²) in [5, 5.41) is 0. The minimum atomic E-state index is -4.35. The predicted molar refractivity (Wildman–Crippen MR) is 53.6 cm³/mol. The monoisotopic (exact) mass is 226 g/mol. The van der Waals surface area contributed by atoms with Crippen LogP contribution in [0.3, 0.4) is 0 Å². The fourth-order valence-corrected chi connectivity index (χ4v) is 1.22. The fourth-order valence-electron chi connectivity index (χ4n) is 1.22. The normalized spacial score (nSPS) is 10.9. The third-order valence-electron chi connectivity index (χ3n) is 1.98. The van der Waals surface area contributed by atoms with Crippen LogP contribution in [0.4, 0.5) is 13.2 Å². The molecule has 16 heavy (non-hydrogen) atoms. The summed E-state index contributed by atoms with van der Waals surface area (Å²) in [6.07, 6.45) is 0.672. The Hall–Kier alpha value is -1.76. The molecule has 0 radical (unpaired) electrons. The Morgan fingerprint density at radius 1 is 1.25 bits per heavy atom. The topological polar surface area (TPSA) is 17.1 Å². The number of benzene rings is 1. The highest BCUT2D eigenvalue weighted by Gasteiger charge is 2.29. The number of carbonyl (C=O) groups excluding carboxylic acids is 1. The number of ketones is 1. The van der Waals surface area contributed by atoms with Gasteiger partial charge >= 0.3 is 6.18 Å². The van der Waals surface area contributed by atoms with E-state index in [1.165, 1.54) is 12.1 Å². The van der Waals surface area contributed by atoms with Gasteiger partial charge in [-0.05, 0) is 17.7 Å². The molecule has 0 fully saturated rings. The highest BCUT2D eigenvalue weighted by atomic mass is 19.4. The zero-order chi connectivity index (χ0) is 12.2. The fraction of sp³-hybridized carbons (Fsp3) is 0.250. The Labute approximate surface area is 91.3 Å². The second-order valence-corrected chi connectivity index (χ2v) is 3.29. The number of carbonyl (C=O) groups is 1. The van der Waals surface area contributed by atoms with Gasteiger partial charge in [-0.25, -0.2) is 0 Å². The lowest BCUT2D eigenvalue weighted by molar-refractivity contribution is -0.137. The van der Waals surface area contributed by atoms with Crippen molar-refractivity contribution in [2.75, 3.05) is 0 Å². The van der Waals surface area contributed by atoms with Gasteiger partial charge in [0.05, 0.1) is 12.0 Å². The van der Waals surface area contributed by atoms with Crippen molar-refractivity contribution in [2.45, 2.75) is 19.0 Å². The first kappa shape index (κ1) is 12.3. The Morgan fingerprint density at radius 2 is 1.81 bits per heavy atom. The average Bonchev–Trinajstić information content (AvgIpc) is 2.17. The van der Waals surface area contributed by atoms with Crippen molar-refractivity contribution in [3.05, 3.63) is 35.4 Å². The first-order chi connectivity index (χ1) is 7.43. The van der Waals surface area contributed by atoms with Crippen LogP contribution in [0.1, 0.15) is 17.5 Å². The zero-order valence-corrected chi connectivity index (χ0v) is 8.34. The highest BCUT2D eigenvalue weighted by molar-refractivity contribution is 5.82. The van der Waals surface area contributed by atoms with E-state index < -0.39 is 11.7 Å². The number of halogens is 3. The molecule has 0 atom stereocenters. The Morgan fingerprint density at radius 3 is 2.25 bits per heavy atom. The van der Waals surface area contributed by atoms with Crippen LogP contribution in [0, 0.1) is 12.3 Å². The van der Waals surface area contributed by atoms with Gasteiger partial charge in [0.25, 0.3) is 0 Å². The standard InChI is InChI=1S/C12H9F3O/c1-2-3-11(16)8-9-4-6-10(7-5-9)12(13,14)15/h1,4-7H,3,8H2. The maximum Gasteiger partial charge on any atom is 0.416 e. The zero-order valence-electron chi connectivity index (χ0n) is 8.34. The van der Waals surface area contributed by atoms with Gasteiger partial charge in [-0.15, -0.1) is 6.42 Å². The van der Waals surface area contributed by atoms with Crippen LogP contribution in [0.5, 0.6) is 0 Å². The predicted octanol–water partition coefficient (Wildman–Crippen LogP) is 2.84. The maximum atomic E-state index is 12.2. The molecule has 0 aliphatic carbocycles. The lowest BCUT2D eigenvalue weighted by Gasteiger charge is -2.06. The molecule has 0 aliphatic rings. The van der Waals surface area contributed by atoms with E-state index in [0.717, 1.165) is 12.1 Å². The van der Waals surface area contributed by atoms with Gasteiger partial charge in [-0.1, -0.05) is 18.1 Å². The van der Waals surface area contributed by atoms with Crippen molar-refractivity contribution in [3.63, 3.8) is 0 Å². The van der Waals surface area contributed by atoms with Crippen LogP contribution in [0.2, 0.25) is 0 Å². The van der Waals surface area contributed by atoms with E-state index >= 15 is 0 Å². The molecule has 0 heterocycles. The number of hydrogen-bond donors (Lipinski definition) is 0. The third-order valence-corrected chi connectivity index (χ3v) is 1.98. The van der Waals surface area contributed by atoms with Gasteiger partial charge in [-0.2, -0.15) is 13.2 Å². The molecule has 0 spiro atoms. The van der Waals surface area contributed by atoms with Gasteiger partial charge in [0, 0.05) is 6.42 Å². The number of hydrogen-bond acceptors (Lipinski definition) is 1. The molecule has 1 rings (SSSR count). The van der Waals surface area contributed by atoms with Gasteiger partial charge in [0.1, 0.15) is 5.78 Å². The van der Waals surface area contributed by atoms with Crippen molar-refractivity contribution < 1.29 is 18.0 Å². The van der Waals surface area contributed by atoms with Crippen molar-refractivity contribution in [1.82, 2.24) is 0 Å². The van der Waals surface area contributed by atoms with Crippen molar-refractivity contribution in [3.8, 4) is 12.3 Å². The highest BCUT2D eigenvalue weighted by Crippen LogP contribution is 2.29. The van der Waals surface area contributed by atoms with E-state index in [4.69, 9.17) is 6.42 Å². The molecule has 0 amide bonds. The quantitative estimate of drug-likeness (QED) is 0.724. The van der Waals surface area contributed by atoms with E-state index in [0.29, 0.717) is 5.56 Å². The smallest absolute Gasteiger partial charge is 0.298 e. The van der Waals surface area contributed by atoms with E-state index in [2.05, 4.69) is 5.92 Å². The van der Waals surface area contributed by atoms with E-state index in [-0.39, 0.29) is 18.6 Å². The molecule has 0 N–H and O–H groups in total. The van der Waals surface area contributed by atoms with Crippen LogP contribution in [-0.4, -0.2) is 5.78 Å². The number of alkyl halides is 3. The summed E-state index contributed by atoms with van der Waals surface area (Å²) >= 11 is 0. The van der Waals surface area contributed by atoms with Crippen LogP contribution >= 0.6 is 0 Å². The molecular weight excluding hydrogens is 217 g/mol. The second kappa shape index (κ2) is 4.84. The van der Waals surface area contributed by atoms with Gasteiger partial charge in [0.2, 0.25) is 0 Å². The van der Waals surface area contributed by atoms with Crippen molar-refractivity contribution in [2.24, 2.45) is 0 Å². The molecule has 1 aromatic rings. The SMILES string of the molecule is C#CCC(=O)Cc1ccc(C(F)(F)F)cc1. The summed E-state index contributed by atoms with van der Waals surface area (Å²) in [4.78, 5) is 11.1. The molecule has 0 saturated carbocycles. The first-order valence-electron chi connectivity index (χ1n) is 4.55. The van der Waals surface area contributed by atoms with Crippen LogP contribution in [-0.2, 0) is 17.4 Å². The van der Waals surface area contributed by atoms with Gasteiger partial charge in [0.15, 0.2) is 0 Å². The Bertz CT molecular complexity index is 409. The minimum Gasteiger partial charge on any atom is -0.298 e. The molecule has 4 heteroatoms. The summed E-state index contributed by atoms with van der Waals surface area (Å²) in [6.45, 7) is 0. The molecule has 0 aromatic heterocycles. The summed E-state index contributed by atoms with van der Waals surface area (Å²) in [5.74, 6) is 2.02. The molecule has 0 bridgehead atoms. The average molecular weight is 226 g/mol. The summed E-state index contributed by atoms with van der Waals surface area (Å²) < 4.78 is 36.6. The van der Waals surface area contributed by atoms with E-state index in [1.807, 2.05) is 0 Å². The van der Waals surface area contributed by atoms with E-state index in [1.54, 1.807) is 0 Å². The number of rotatable bonds is 3. The molecule has 1 aromatic carbocycles. The number of Topliss-reactive ketones (excluding diaryl/α,β-unsaturated/α-hetero) is 1. The maximum absolute atomic E-state index is 12.2. The van der Waals surface area contributed by atoms with Crippen LogP contribution in [0.15, 0.2) is 24.3 Å². The van der Waals surface area contributed by atoms with Crippen LogP contribution in [0.25, 0.3) is 0 Å². The third kappa shape index (κ3) is 3.43. The molecule has 0 unspecified atom stereocenters. The molecule has 84 valence electrons. The summed E-state index contributed by atoms with van der Waals surface area (Å²) in [7, 11) is 0. The second-order valence-electron chi connectivity index (χ2n) is 3.29. The minimum absolute atomic E-state index is 0.00101. The molecule has 0 aliphatic heterocycles.